The zero-order chi connectivity index (χ0) is 19.4. The van der Waals surface area contributed by atoms with Gasteiger partial charge in [0.2, 0.25) is 0 Å². The number of pyridine rings is 1. The Balaban J connectivity index is 1.76. The Labute approximate surface area is 153 Å². The summed E-state index contributed by atoms with van der Waals surface area (Å²) in [6.45, 7) is 0.991. The van der Waals surface area contributed by atoms with Gasteiger partial charge in [0.15, 0.2) is 6.61 Å². The molecule has 2 heterocycles. The minimum atomic E-state index is -4.38. The number of amides is 1. The van der Waals surface area contributed by atoms with Gasteiger partial charge in [-0.2, -0.15) is 13.2 Å². The maximum Gasteiger partial charge on any atom is 0.416 e. The second kappa shape index (κ2) is 7.83. The molecule has 0 atom stereocenters. The Kier molecular flexibility index (Phi) is 5.50. The van der Waals surface area contributed by atoms with Gasteiger partial charge in [0.1, 0.15) is 17.3 Å². The number of nitrogens with one attached hydrogen (secondary N) is 1. The van der Waals surface area contributed by atoms with E-state index in [-0.39, 0.29) is 19.1 Å². The van der Waals surface area contributed by atoms with Gasteiger partial charge in [0.05, 0.1) is 18.7 Å². The first kappa shape index (κ1) is 19.0. The molecular weight excluding hydrogens is 363 g/mol. The Morgan fingerprint density at radius 1 is 1.22 bits per heavy atom. The molecule has 1 N–H and O–H groups in total. The second-order valence-corrected chi connectivity index (χ2v) is 5.94. The van der Waals surface area contributed by atoms with Crippen molar-refractivity contribution in [2.24, 2.45) is 0 Å². The Bertz CT molecular complexity index is 810. The molecule has 0 saturated heterocycles. The predicted molar refractivity (Wildman–Crippen MR) is 91.8 cm³/mol. The van der Waals surface area contributed by atoms with Crippen molar-refractivity contribution in [1.82, 2.24) is 9.88 Å². The van der Waals surface area contributed by atoms with Crippen LogP contribution in [0.1, 0.15) is 11.3 Å². The quantitative estimate of drug-likeness (QED) is 0.862. The number of rotatable bonds is 5. The maximum atomic E-state index is 12.6. The lowest BCUT2D eigenvalue weighted by Gasteiger charge is -2.19. The van der Waals surface area contributed by atoms with Gasteiger partial charge >= 0.3 is 6.18 Å². The first-order valence-corrected chi connectivity index (χ1v) is 8.20. The summed E-state index contributed by atoms with van der Waals surface area (Å²) in [5, 5.41) is 2.96. The number of halogens is 3. The van der Waals surface area contributed by atoms with Crippen LogP contribution in [0.25, 0.3) is 0 Å². The highest BCUT2D eigenvalue weighted by atomic mass is 19.4. The zero-order valence-corrected chi connectivity index (χ0v) is 14.5. The first-order chi connectivity index (χ1) is 12.9. The molecule has 144 valence electrons. The number of benzene rings is 1. The third-order valence-electron chi connectivity index (χ3n) is 4.03. The molecule has 1 aromatic carbocycles. The van der Waals surface area contributed by atoms with Crippen LogP contribution in [-0.2, 0) is 22.3 Å². The van der Waals surface area contributed by atoms with Gasteiger partial charge < -0.3 is 19.7 Å². The standard InChI is InChI=1S/C18H18F3N3O3/c1-26-9-8-24-10-14-15(27-11-17(24)25)6-7-16(23-14)22-13-4-2-12(3-5-13)18(19,20)21/h2-7H,8-11H2,1H3,(H,22,23). The van der Waals surface area contributed by atoms with Crippen molar-refractivity contribution in [3.8, 4) is 5.75 Å². The van der Waals surface area contributed by atoms with Crippen LogP contribution < -0.4 is 10.1 Å². The van der Waals surface area contributed by atoms with Crippen molar-refractivity contribution >= 4 is 17.4 Å². The van der Waals surface area contributed by atoms with Gasteiger partial charge in [0.25, 0.3) is 5.91 Å². The number of alkyl halides is 3. The fourth-order valence-electron chi connectivity index (χ4n) is 2.60. The highest BCUT2D eigenvalue weighted by molar-refractivity contribution is 5.78. The van der Waals surface area contributed by atoms with E-state index in [1.165, 1.54) is 12.1 Å². The summed E-state index contributed by atoms with van der Waals surface area (Å²) in [5.74, 6) is 0.779. The summed E-state index contributed by atoms with van der Waals surface area (Å²) in [4.78, 5) is 18.1. The summed E-state index contributed by atoms with van der Waals surface area (Å²) >= 11 is 0. The van der Waals surface area contributed by atoms with Gasteiger partial charge in [-0.05, 0) is 36.4 Å². The minimum absolute atomic E-state index is 0.0793. The molecule has 1 aromatic heterocycles. The van der Waals surface area contributed by atoms with Crippen molar-refractivity contribution in [2.75, 3.05) is 32.2 Å². The smallest absolute Gasteiger partial charge is 0.416 e. The van der Waals surface area contributed by atoms with Crippen molar-refractivity contribution in [3.05, 3.63) is 47.7 Å². The van der Waals surface area contributed by atoms with E-state index in [0.29, 0.717) is 36.1 Å². The van der Waals surface area contributed by atoms with Crippen LogP contribution in [0.5, 0.6) is 5.75 Å². The summed E-state index contributed by atoms with van der Waals surface area (Å²) in [6.07, 6.45) is -4.38. The predicted octanol–water partition coefficient (Wildman–Crippen LogP) is 3.21. The molecule has 2 aromatic rings. The molecule has 1 aliphatic rings. The normalized spacial score (nSPS) is 14.4. The largest absolute Gasteiger partial charge is 0.482 e. The lowest BCUT2D eigenvalue weighted by atomic mass is 10.2. The summed E-state index contributed by atoms with van der Waals surface area (Å²) in [7, 11) is 1.55. The molecule has 9 heteroatoms. The number of hydrogen-bond acceptors (Lipinski definition) is 5. The molecule has 27 heavy (non-hydrogen) atoms. The lowest BCUT2D eigenvalue weighted by molar-refractivity contribution is -0.137. The number of fused-ring (bicyclic) bond motifs is 1. The average molecular weight is 381 g/mol. The van der Waals surface area contributed by atoms with E-state index in [2.05, 4.69) is 10.3 Å². The number of hydrogen-bond donors (Lipinski definition) is 1. The summed E-state index contributed by atoms with van der Waals surface area (Å²) < 4.78 is 48.4. The molecule has 0 aliphatic carbocycles. The number of ether oxygens (including phenoxy) is 2. The molecule has 1 aliphatic heterocycles. The SMILES string of the molecule is COCCN1Cc2nc(Nc3ccc(C(F)(F)F)cc3)ccc2OCC1=O. The van der Waals surface area contributed by atoms with Gasteiger partial charge in [-0.15, -0.1) is 0 Å². The fourth-order valence-corrected chi connectivity index (χ4v) is 2.60. The van der Waals surface area contributed by atoms with Gasteiger partial charge in [0, 0.05) is 19.3 Å². The molecule has 0 spiro atoms. The maximum absolute atomic E-state index is 12.6. The van der Waals surface area contributed by atoms with Crippen molar-refractivity contribution in [2.45, 2.75) is 12.7 Å². The highest BCUT2D eigenvalue weighted by Crippen LogP contribution is 2.30. The number of nitrogens with zero attached hydrogens (tertiary/aromatic N) is 2. The third kappa shape index (κ3) is 4.68. The second-order valence-electron chi connectivity index (χ2n) is 5.94. The van der Waals surface area contributed by atoms with E-state index in [1.807, 2.05) is 0 Å². The molecule has 0 radical (unpaired) electrons. The van der Waals surface area contributed by atoms with E-state index >= 15 is 0 Å². The molecular formula is C18H18F3N3O3. The van der Waals surface area contributed by atoms with Crippen LogP contribution in [-0.4, -0.2) is 42.7 Å². The minimum Gasteiger partial charge on any atom is -0.482 e. The topological polar surface area (TPSA) is 63.7 Å². The highest BCUT2D eigenvalue weighted by Gasteiger charge is 2.30. The summed E-state index contributed by atoms with van der Waals surface area (Å²) in [5.41, 5.74) is 0.315. The van der Waals surface area contributed by atoms with E-state index in [1.54, 1.807) is 24.1 Å². The van der Waals surface area contributed by atoms with Crippen molar-refractivity contribution in [3.63, 3.8) is 0 Å². The van der Waals surface area contributed by atoms with Crippen molar-refractivity contribution < 1.29 is 27.4 Å². The fraction of sp³-hybridized carbons (Fsp3) is 0.333. The van der Waals surface area contributed by atoms with Crippen LogP contribution in [0, 0.1) is 0 Å². The van der Waals surface area contributed by atoms with E-state index in [9.17, 15) is 18.0 Å². The third-order valence-corrected chi connectivity index (χ3v) is 4.03. The van der Waals surface area contributed by atoms with E-state index in [4.69, 9.17) is 9.47 Å². The monoisotopic (exact) mass is 381 g/mol. The number of aromatic nitrogens is 1. The molecule has 3 rings (SSSR count). The lowest BCUT2D eigenvalue weighted by Crippen LogP contribution is -2.35. The van der Waals surface area contributed by atoms with Gasteiger partial charge in [-0.25, -0.2) is 4.98 Å². The Morgan fingerprint density at radius 3 is 2.63 bits per heavy atom. The summed E-state index contributed by atoms with van der Waals surface area (Å²) in [6, 6.07) is 8.00. The van der Waals surface area contributed by atoms with Crippen LogP contribution in [0.3, 0.4) is 0 Å². The van der Waals surface area contributed by atoms with E-state index in [0.717, 1.165) is 12.1 Å². The number of carbonyl (C=O) groups is 1. The van der Waals surface area contributed by atoms with Crippen LogP contribution in [0.2, 0.25) is 0 Å². The number of methoxy groups -OCH3 is 1. The van der Waals surface area contributed by atoms with Gasteiger partial charge in [-0.3, -0.25) is 4.79 Å². The Hall–Kier alpha value is -2.81. The molecule has 0 fully saturated rings. The number of anilines is 2. The molecule has 0 saturated carbocycles. The van der Waals surface area contributed by atoms with Gasteiger partial charge in [-0.1, -0.05) is 0 Å². The van der Waals surface area contributed by atoms with Crippen LogP contribution in [0.15, 0.2) is 36.4 Å². The zero-order valence-electron chi connectivity index (χ0n) is 14.5. The molecule has 0 bridgehead atoms. The van der Waals surface area contributed by atoms with Crippen LogP contribution in [0.4, 0.5) is 24.7 Å². The van der Waals surface area contributed by atoms with E-state index < -0.39 is 11.7 Å². The van der Waals surface area contributed by atoms with Crippen LogP contribution >= 0.6 is 0 Å². The van der Waals surface area contributed by atoms with Crippen molar-refractivity contribution in [1.29, 1.82) is 0 Å². The first-order valence-electron chi connectivity index (χ1n) is 8.20. The molecule has 6 nitrogen and oxygen atoms in total. The Morgan fingerprint density at radius 2 is 1.96 bits per heavy atom. The number of carbonyl (C=O) groups excluding carboxylic acids is 1. The molecule has 0 unspecified atom stereocenters. The molecule has 1 amide bonds. The average Bonchev–Trinajstić information content (AvgIpc) is 2.78.